The molecule has 4 N–H and O–H groups in total. The van der Waals surface area contributed by atoms with Crippen LogP contribution in [0, 0.1) is 17.8 Å². The van der Waals surface area contributed by atoms with Crippen LogP contribution >= 0.6 is 0 Å². The maximum atomic E-state index is 13.7. The molecule has 5 aromatic rings. The van der Waals surface area contributed by atoms with Crippen molar-refractivity contribution in [1.29, 1.82) is 0 Å². The molecule has 51 heavy (non-hydrogen) atoms. The van der Waals surface area contributed by atoms with Gasteiger partial charge in [-0.2, -0.15) is 0 Å². The molecular weight excluding hydrogens is 656 g/mol. The number of allylic oxidation sites excluding steroid dienone is 1. The van der Waals surface area contributed by atoms with Crippen LogP contribution in [0.1, 0.15) is 82.9 Å². The number of aromatic nitrogens is 4. The van der Waals surface area contributed by atoms with Crippen LogP contribution in [0.2, 0.25) is 0 Å². The normalized spacial score (nSPS) is 18.6. The number of imidazole rings is 2. The van der Waals surface area contributed by atoms with Crippen molar-refractivity contribution >= 4 is 27.7 Å². The van der Waals surface area contributed by atoms with Gasteiger partial charge in [0.15, 0.2) is 0 Å². The number of aromatic amines is 2. The minimum atomic E-state index is -2.68. The number of carbonyl (C=O) groups excluding carboxylic acids is 1. The molecule has 0 unspecified atom stereocenters. The Hall–Kier alpha value is -4.67. The van der Waals surface area contributed by atoms with E-state index in [9.17, 15) is 22.4 Å². The third kappa shape index (κ3) is 7.82. The molecular formula is C40H44F4N6O. The Labute approximate surface area is 294 Å². The zero-order valence-electron chi connectivity index (χ0n) is 29.0. The van der Waals surface area contributed by atoms with Gasteiger partial charge in [-0.3, -0.25) is 4.79 Å². The number of halogens is 4. The summed E-state index contributed by atoms with van der Waals surface area (Å²) >= 11 is 0. The fourth-order valence-electron chi connectivity index (χ4n) is 7.40. The van der Waals surface area contributed by atoms with Crippen LogP contribution < -0.4 is 10.6 Å². The minimum Gasteiger partial charge on any atom is -0.381 e. The lowest BCUT2D eigenvalue weighted by Crippen LogP contribution is -2.39. The van der Waals surface area contributed by atoms with Gasteiger partial charge < -0.3 is 20.6 Å². The number of H-pyrrole nitrogens is 2. The summed E-state index contributed by atoms with van der Waals surface area (Å²) in [5.41, 5.74) is 6.38. The molecule has 2 aliphatic rings. The van der Waals surface area contributed by atoms with Gasteiger partial charge in [0.05, 0.1) is 35.5 Å². The molecule has 2 heterocycles. The van der Waals surface area contributed by atoms with E-state index in [4.69, 9.17) is 4.98 Å². The molecule has 0 aliphatic heterocycles. The molecule has 2 fully saturated rings. The monoisotopic (exact) mass is 700 g/mol. The van der Waals surface area contributed by atoms with Crippen molar-refractivity contribution < 1.29 is 22.4 Å². The summed E-state index contributed by atoms with van der Waals surface area (Å²) in [6.45, 7) is 8.55. The number of nitrogens with one attached hydrogen (secondary N) is 4. The van der Waals surface area contributed by atoms with Gasteiger partial charge in [-0.1, -0.05) is 50.8 Å². The Morgan fingerprint density at radius 3 is 2.10 bits per heavy atom. The van der Waals surface area contributed by atoms with Gasteiger partial charge in [0.2, 0.25) is 17.8 Å². The molecule has 0 saturated heterocycles. The first-order valence-corrected chi connectivity index (χ1v) is 17.9. The van der Waals surface area contributed by atoms with E-state index in [0.29, 0.717) is 25.2 Å². The van der Waals surface area contributed by atoms with Crippen LogP contribution in [0.5, 0.6) is 0 Å². The first kappa shape index (κ1) is 34.8. The summed E-state index contributed by atoms with van der Waals surface area (Å²) in [6.07, 6.45) is 2.38. The topological polar surface area (TPSA) is 98.5 Å². The standard InChI is InChI=1S/C40H44F4N6O/c1-23(2)36(50-38(51)26-12-16-40(43,44)17-13-26)37-48-32-9-8-30(20-33(32)49-37)28-4-5-29-19-31(7-6-27(29)18-28)34-21-46-35(47-34)22-45-24(3)25-10-14-39(41,42)15-11-25/h4-9,18-21,23,25-26,36,45H,3,10-17,22H2,1-2H3,(H,46,47)(H,48,49)(H,50,51)/t36-/m0/s1. The molecule has 268 valence electrons. The Bertz CT molecular complexity index is 2050. The number of hydrogen-bond donors (Lipinski definition) is 4. The smallest absolute Gasteiger partial charge is 0.248 e. The van der Waals surface area contributed by atoms with E-state index in [-0.39, 0.29) is 62.3 Å². The van der Waals surface area contributed by atoms with E-state index in [0.717, 1.165) is 55.7 Å². The Balaban J connectivity index is 1.02. The van der Waals surface area contributed by atoms with Crippen molar-refractivity contribution in [3.05, 3.63) is 84.7 Å². The van der Waals surface area contributed by atoms with Crippen molar-refractivity contribution in [2.24, 2.45) is 17.8 Å². The Kier molecular flexibility index (Phi) is 9.41. The van der Waals surface area contributed by atoms with Crippen LogP contribution in [0.3, 0.4) is 0 Å². The highest BCUT2D eigenvalue weighted by molar-refractivity contribution is 5.92. The molecule has 0 bridgehead atoms. The quantitative estimate of drug-likeness (QED) is 0.109. The largest absolute Gasteiger partial charge is 0.381 e. The lowest BCUT2D eigenvalue weighted by molar-refractivity contribution is -0.130. The average molecular weight is 701 g/mol. The maximum Gasteiger partial charge on any atom is 0.248 e. The lowest BCUT2D eigenvalue weighted by atomic mass is 9.85. The summed E-state index contributed by atoms with van der Waals surface area (Å²) < 4.78 is 54.4. The number of amides is 1. The van der Waals surface area contributed by atoms with Crippen molar-refractivity contribution in [2.45, 2.75) is 89.6 Å². The molecule has 0 radical (unpaired) electrons. The molecule has 11 heteroatoms. The number of carbonyl (C=O) groups is 1. The molecule has 1 atom stereocenters. The van der Waals surface area contributed by atoms with Crippen LogP contribution in [-0.4, -0.2) is 37.7 Å². The van der Waals surface area contributed by atoms with Crippen molar-refractivity contribution in [3.63, 3.8) is 0 Å². The third-order valence-electron chi connectivity index (χ3n) is 10.7. The van der Waals surface area contributed by atoms with Gasteiger partial charge in [-0.25, -0.2) is 27.5 Å². The van der Waals surface area contributed by atoms with E-state index in [1.165, 1.54) is 0 Å². The van der Waals surface area contributed by atoms with E-state index in [1.807, 2.05) is 26.0 Å². The van der Waals surface area contributed by atoms with Crippen LogP contribution in [0.25, 0.3) is 44.2 Å². The number of alkyl halides is 4. The predicted octanol–water partition coefficient (Wildman–Crippen LogP) is 9.84. The number of fused-ring (bicyclic) bond motifs is 2. The molecule has 2 saturated carbocycles. The van der Waals surface area contributed by atoms with E-state index >= 15 is 0 Å². The SMILES string of the molecule is C=C(NCc1ncc(-c2ccc3cc(-c4ccc5nc([C@@H](NC(=O)C6CCC(F)(F)CC6)C(C)C)[nH]c5c4)ccc3c2)[nH]1)C1CCC(F)(F)CC1. The number of benzene rings is 3. The number of hydrogen-bond acceptors (Lipinski definition) is 4. The molecule has 1 amide bonds. The van der Waals surface area contributed by atoms with Crippen molar-refractivity contribution in [2.75, 3.05) is 0 Å². The Morgan fingerprint density at radius 2 is 1.43 bits per heavy atom. The second-order valence-corrected chi connectivity index (χ2v) is 14.7. The zero-order valence-corrected chi connectivity index (χ0v) is 29.0. The van der Waals surface area contributed by atoms with Gasteiger partial charge >= 0.3 is 0 Å². The molecule has 2 aliphatic carbocycles. The molecule has 3 aromatic carbocycles. The first-order valence-electron chi connectivity index (χ1n) is 17.9. The Morgan fingerprint density at radius 1 is 0.843 bits per heavy atom. The van der Waals surface area contributed by atoms with Crippen molar-refractivity contribution in [1.82, 2.24) is 30.6 Å². The summed E-state index contributed by atoms with van der Waals surface area (Å²) in [5.74, 6) is -4.34. The maximum absolute atomic E-state index is 13.7. The van der Waals surface area contributed by atoms with Crippen molar-refractivity contribution in [3.8, 4) is 22.4 Å². The highest BCUT2D eigenvalue weighted by Gasteiger charge is 2.38. The number of rotatable bonds is 10. The van der Waals surface area contributed by atoms with Gasteiger partial charge in [-0.05, 0) is 83.7 Å². The van der Waals surface area contributed by atoms with Gasteiger partial charge in [0, 0.05) is 42.9 Å². The second-order valence-electron chi connectivity index (χ2n) is 14.7. The zero-order chi connectivity index (χ0) is 35.9. The fraction of sp³-hybridized carbons (Fsp3) is 0.425. The minimum absolute atomic E-state index is 0.0427. The summed E-state index contributed by atoms with van der Waals surface area (Å²) in [7, 11) is 0. The highest BCUT2D eigenvalue weighted by atomic mass is 19.3. The highest BCUT2D eigenvalue weighted by Crippen LogP contribution is 2.39. The van der Waals surface area contributed by atoms with Gasteiger partial charge in [-0.15, -0.1) is 0 Å². The molecule has 0 spiro atoms. The van der Waals surface area contributed by atoms with Gasteiger partial charge in [0.25, 0.3) is 0 Å². The van der Waals surface area contributed by atoms with Crippen LogP contribution in [0.4, 0.5) is 17.6 Å². The predicted molar refractivity (Wildman–Crippen MR) is 192 cm³/mol. The van der Waals surface area contributed by atoms with E-state index < -0.39 is 17.8 Å². The third-order valence-corrected chi connectivity index (χ3v) is 10.7. The molecule has 7 nitrogen and oxygen atoms in total. The number of nitrogens with zero attached hydrogens (tertiary/aromatic N) is 2. The fourth-order valence-corrected chi connectivity index (χ4v) is 7.40. The molecule has 7 rings (SSSR count). The molecule has 2 aromatic heterocycles. The summed E-state index contributed by atoms with van der Waals surface area (Å²) in [4.78, 5) is 29.2. The average Bonchev–Trinajstić information content (AvgIpc) is 3.76. The van der Waals surface area contributed by atoms with Crippen LogP contribution in [0.15, 0.2) is 73.1 Å². The second kappa shape index (κ2) is 13.8. The summed E-state index contributed by atoms with van der Waals surface area (Å²) in [5, 5.41) is 8.53. The van der Waals surface area contributed by atoms with E-state index in [1.54, 1.807) is 6.20 Å². The van der Waals surface area contributed by atoms with E-state index in [2.05, 4.69) is 74.6 Å². The van der Waals surface area contributed by atoms with Crippen LogP contribution in [-0.2, 0) is 11.3 Å². The summed E-state index contributed by atoms with van der Waals surface area (Å²) in [6, 6.07) is 18.3. The first-order chi connectivity index (χ1) is 24.3. The lowest BCUT2D eigenvalue weighted by Gasteiger charge is -2.29. The van der Waals surface area contributed by atoms with Gasteiger partial charge in [0.1, 0.15) is 11.6 Å².